The van der Waals surface area contributed by atoms with Crippen molar-refractivity contribution in [2.24, 2.45) is 0 Å². The van der Waals surface area contributed by atoms with Gasteiger partial charge in [-0.15, -0.1) is 0 Å². The first-order valence-corrected chi connectivity index (χ1v) is 8.71. The number of hydrogen-bond donors (Lipinski definition) is 1. The summed E-state index contributed by atoms with van der Waals surface area (Å²) in [4.78, 5) is 4.76. The van der Waals surface area contributed by atoms with E-state index in [1.165, 1.54) is 5.52 Å². The van der Waals surface area contributed by atoms with Gasteiger partial charge < -0.3 is 14.6 Å². The second kappa shape index (κ2) is 6.16. The van der Waals surface area contributed by atoms with Crippen LogP contribution in [0.25, 0.3) is 11.0 Å². The van der Waals surface area contributed by atoms with Crippen molar-refractivity contribution in [1.29, 1.82) is 0 Å². The van der Waals surface area contributed by atoms with E-state index in [2.05, 4.69) is 46.3 Å². The van der Waals surface area contributed by atoms with Gasteiger partial charge in [-0.05, 0) is 42.8 Å². The van der Waals surface area contributed by atoms with Crippen LogP contribution in [0.4, 0.5) is 5.69 Å². The minimum atomic E-state index is 0.543. The summed E-state index contributed by atoms with van der Waals surface area (Å²) >= 11 is 1.87. The standard InChI is InChI=1S/C18H19N3OS/c1-22-14-8-6-13(7-9-14)19-12-15-10-11-21-17-5-3-2-4-16(17)20-18(21)23-15/h2-9,15,19H,10-12H2,1H3. The van der Waals surface area contributed by atoms with Crippen molar-refractivity contribution in [3.05, 3.63) is 48.5 Å². The molecule has 0 aliphatic carbocycles. The summed E-state index contributed by atoms with van der Waals surface area (Å²) in [7, 11) is 1.69. The quantitative estimate of drug-likeness (QED) is 0.786. The monoisotopic (exact) mass is 325 g/mol. The van der Waals surface area contributed by atoms with Crippen molar-refractivity contribution in [2.45, 2.75) is 23.4 Å². The molecular formula is C18H19N3OS. The number of thioether (sulfide) groups is 1. The molecule has 118 valence electrons. The lowest BCUT2D eigenvalue weighted by molar-refractivity contribution is 0.415. The molecule has 0 radical (unpaired) electrons. The number of nitrogens with one attached hydrogen (secondary N) is 1. The summed E-state index contributed by atoms with van der Waals surface area (Å²) < 4.78 is 7.53. The van der Waals surface area contributed by atoms with Crippen LogP contribution in [0.15, 0.2) is 53.7 Å². The fraction of sp³-hybridized carbons (Fsp3) is 0.278. The fourth-order valence-electron chi connectivity index (χ4n) is 2.92. The molecule has 1 N–H and O–H groups in total. The first-order valence-electron chi connectivity index (χ1n) is 7.83. The number of imidazole rings is 1. The number of benzene rings is 2. The summed E-state index contributed by atoms with van der Waals surface area (Å²) in [6.07, 6.45) is 1.15. The molecule has 0 fully saturated rings. The number of nitrogens with zero attached hydrogens (tertiary/aromatic N) is 2. The molecule has 0 amide bonds. The maximum Gasteiger partial charge on any atom is 0.169 e. The molecule has 1 atom stereocenters. The lowest BCUT2D eigenvalue weighted by atomic mass is 10.2. The Morgan fingerprint density at radius 1 is 1.22 bits per heavy atom. The molecule has 1 unspecified atom stereocenters. The summed E-state index contributed by atoms with van der Waals surface area (Å²) in [5.41, 5.74) is 3.47. The van der Waals surface area contributed by atoms with Crippen molar-refractivity contribution in [2.75, 3.05) is 19.0 Å². The Hall–Kier alpha value is -2.14. The summed E-state index contributed by atoms with van der Waals surface area (Å²) in [6.45, 7) is 1.98. The largest absolute Gasteiger partial charge is 0.497 e. The van der Waals surface area contributed by atoms with E-state index in [-0.39, 0.29) is 0 Å². The van der Waals surface area contributed by atoms with Gasteiger partial charge in [0.1, 0.15) is 5.75 Å². The molecule has 1 aliphatic rings. The smallest absolute Gasteiger partial charge is 0.169 e. The van der Waals surface area contributed by atoms with Crippen molar-refractivity contribution < 1.29 is 4.74 Å². The number of ether oxygens (including phenoxy) is 1. The van der Waals surface area contributed by atoms with E-state index in [1.807, 2.05) is 23.9 Å². The number of rotatable bonds is 4. The second-order valence-corrected chi connectivity index (χ2v) is 6.94. The third-order valence-corrected chi connectivity index (χ3v) is 5.45. The third kappa shape index (κ3) is 2.88. The number of hydrogen-bond acceptors (Lipinski definition) is 4. The first-order chi connectivity index (χ1) is 11.3. The Morgan fingerprint density at radius 2 is 2.04 bits per heavy atom. The lowest BCUT2D eigenvalue weighted by Gasteiger charge is -2.23. The van der Waals surface area contributed by atoms with E-state index in [0.717, 1.165) is 41.6 Å². The predicted octanol–water partition coefficient (Wildman–Crippen LogP) is 4.02. The van der Waals surface area contributed by atoms with Crippen LogP contribution in [0.2, 0.25) is 0 Å². The minimum Gasteiger partial charge on any atom is -0.497 e. The van der Waals surface area contributed by atoms with E-state index in [0.29, 0.717) is 5.25 Å². The van der Waals surface area contributed by atoms with Crippen molar-refractivity contribution in [1.82, 2.24) is 9.55 Å². The van der Waals surface area contributed by atoms with E-state index < -0.39 is 0 Å². The zero-order chi connectivity index (χ0) is 15.6. The highest BCUT2D eigenvalue weighted by molar-refractivity contribution is 7.99. The average molecular weight is 325 g/mol. The molecule has 0 spiro atoms. The number of anilines is 1. The summed E-state index contributed by atoms with van der Waals surface area (Å²) in [5, 5.41) is 5.20. The summed E-state index contributed by atoms with van der Waals surface area (Å²) in [5.74, 6) is 0.885. The Labute approximate surface area is 139 Å². The Bertz CT molecular complexity index is 813. The Morgan fingerprint density at radius 3 is 2.87 bits per heavy atom. The average Bonchev–Trinajstić information content (AvgIpc) is 2.98. The molecule has 4 nitrogen and oxygen atoms in total. The van der Waals surface area contributed by atoms with Gasteiger partial charge in [0.15, 0.2) is 5.16 Å². The van der Waals surface area contributed by atoms with Crippen LogP contribution >= 0.6 is 11.8 Å². The fourth-order valence-corrected chi connectivity index (χ4v) is 4.08. The second-order valence-electron chi connectivity index (χ2n) is 5.67. The number of aromatic nitrogens is 2. The Balaban J connectivity index is 1.43. The van der Waals surface area contributed by atoms with Crippen LogP contribution in [0.5, 0.6) is 5.75 Å². The molecule has 1 aliphatic heterocycles. The molecule has 2 heterocycles. The van der Waals surface area contributed by atoms with Gasteiger partial charge in [-0.1, -0.05) is 23.9 Å². The lowest BCUT2D eigenvalue weighted by Crippen LogP contribution is -2.23. The van der Waals surface area contributed by atoms with E-state index >= 15 is 0 Å². The van der Waals surface area contributed by atoms with Gasteiger partial charge in [-0.2, -0.15) is 0 Å². The molecule has 5 heteroatoms. The van der Waals surface area contributed by atoms with Gasteiger partial charge in [0.2, 0.25) is 0 Å². The molecule has 4 rings (SSSR count). The van der Waals surface area contributed by atoms with Gasteiger partial charge in [0.05, 0.1) is 18.1 Å². The van der Waals surface area contributed by atoms with Crippen molar-refractivity contribution in [3.8, 4) is 5.75 Å². The highest BCUT2D eigenvalue weighted by atomic mass is 32.2. The SMILES string of the molecule is COc1ccc(NCC2CCn3c(nc4ccccc43)S2)cc1. The number of para-hydroxylation sites is 2. The molecule has 0 saturated carbocycles. The highest BCUT2D eigenvalue weighted by Crippen LogP contribution is 2.33. The van der Waals surface area contributed by atoms with Crippen molar-refractivity contribution in [3.63, 3.8) is 0 Å². The van der Waals surface area contributed by atoms with Crippen LogP contribution in [0.1, 0.15) is 6.42 Å². The van der Waals surface area contributed by atoms with Gasteiger partial charge in [0, 0.05) is 24.0 Å². The molecule has 3 aromatic rings. The zero-order valence-corrected chi connectivity index (χ0v) is 13.8. The molecule has 0 bridgehead atoms. The van der Waals surface area contributed by atoms with Gasteiger partial charge in [0.25, 0.3) is 0 Å². The van der Waals surface area contributed by atoms with Crippen LogP contribution in [-0.2, 0) is 6.54 Å². The van der Waals surface area contributed by atoms with Crippen LogP contribution < -0.4 is 10.1 Å². The molecule has 0 saturated heterocycles. The molecular weight excluding hydrogens is 306 g/mol. The number of aryl methyl sites for hydroxylation is 1. The zero-order valence-electron chi connectivity index (χ0n) is 13.0. The van der Waals surface area contributed by atoms with Gasteiger partial charge in [-0.25, -0.2) is 4.98 Å². The van der Waals surface area contributed by atoms with Crippen LogP contribution in [-0.4, -0.2) is 28.5 Å². The number of methoxy groups -OCH3 is 1. The Kier molecular flexibility index (Phi) is 3.87. The van der Waals surface area contributed by atoms with E-state index in [9.17, 15) is 0 Å². The van der Waals surface area contributed by atoms with Gasteiger partial charge >= 0.3 is 0 Å². The topological polar surface area (TPSA) is 39.1 Å². The van der Waals surface area contributed by atoms with Crippen molar-refractivity contribution >= 4 is 28.5 Å². The van der Waals surface area contributed by atoms with E-state index in [1.54, 1.807) is 7.11 Å². The van der Waals surface area contributed by atoms with Crippen LogP contribution in [0, 0.1) is 0 Å². The minimum absolute atomic E-state index is 0.543. The maximum atomic E-state index is 5.19. The first kappa shape index (κ1) is 14.5. The van der Waals surface area contributed by atoms with Gasteiger partial charge in [-0.3, -0.25) is 0 Å². The molecule has 23 heavy (non-hydrogen) atoms. The third-order valence-electron chi connectivity index (χ3n) is 4.19. The maximum absolute atomic E-state index is 5.19. The van der Waals surface area contributed by atoms with E-state index in [4.69, 9.17) is 9.72 Å². The molecule has 2 aromatic carbocycles. The highest BCUT2D eigenvalue weighted by Gasteiger charge is 2.22. The normalized spacial score (nSPS) is 17.0. The number of fused-ring (bicyclic) bond motifs is 3. The van der Waals surface area contributed by atoms with Crippen LogP contribution in [0.3, 0.4) is 0 Å². The predicted molar refractivity (Wildman–Crippen MR) is 95.5 cm³/mol. The summed E-state index contributed by atoms with van der Waals surface area (Å²) in [6, 6.07) is 16.5. The molecule has 1 aromatic heterocycles.